The van der Waals surface area contributed by atoms with E-state index in [1.165, 1.54) is 13.2 Å². The number of aliphatic hydroxyl groups excluding tert-OH is 1. The van der Waals surface area contributed by atoms with Crippen LogP contribution in [0.5, 0.6) is 0 Å². The zero-order valence-corrected chi connectivity index (χ0v) is 9.29. The van der Waals surface area contributed by atoms with E-state index in [1.54, 1.807) is 18.2 Å². The van der Waals surface area contributed by atoms with Crippen molar-refractivity contribution >= 4 is 5.97 Å². The molecule has 0 aliphatic carbocycles. The maximum absolute atomic E-state index is 11.2. The van der Waals surface area contributed by atoms with Crippen molar-refractivity contribution in [3.63, 3.8) is 0 Å². The standard InChI is InChI=1S/C13H12O4/c1-16-13(15)11-8-7-10(17-11)12(14)9-5-3-2-4-6-9/h2-8,12,14H,1H3. The van der Waals surface area contributed by atoms with Crippen molar-refractivity contribution in [3.05, 3.63) is 59.5 Å². The Morgan fingerprint density at radius 1 is 1.24 bits per heavy atom. The third kappa shape index (κ3) is 2.37. The van der Waals surface area contributed by atoms with Gasteiger partial charge in [-0.15, -0.1) is 0 Å². The minimum absolute atomic E-state index is 0.0810. The first kappa shape index (κ1) is 11.4. The highest BCUT2D eigenvalue weighted by molar-refractivity contribution is 5.86. The van der Waals surface area contributed by atoms with Gasteiger partial charge < -0.3 is 14.3 Å². The molecule has 0 bridgehead atoms. The number of aliphatic hydroxyl groups is 1. The number of ether oxygens (including phenoxy) is 1. The highest BCUT2D eigenvalue weighted by Gasteiger charge is 2.17. The summed E-state index contributed by atoms with van der Waals surface area (Å²) in [7, 11) is 1.28. The summed E-state index contributed by atoms with van der Waals surface area (Å²) in [4.78, 5) is 11.2. The number of furan rings is 1. The van der Waals surface area contributed by atoms with E-state index in [2.05, 4.69) is 4.74 Å². The monoisotopic (exact) mass is 232 g/mol. The van der Waals surface area contributed by atoms with Gasteiger partial charge >= 0.3 is 5.97 Å². The average molecular weight is 232 g/mol. The molecule has 0 saturated heterocycles. The topological polar surface area (TPSA) is 59.7 Å². The molecule has 0 aliphatic rings. The number of benzene rings is 1. The largest absolute Gasteiger partial charge is 0.463 e. The molecule has 1 heterocycles. The summed E-state index contributed by atoms with van der Waals surface area (Å²) >= 11 is 0. The number of carbonyl (C=O) groups is 1. The summed E-state index contributed by atoms with van der Waals surface area (Å²) in [5.74, 6) is -0.161. The van der Waals surface area contributed by atoms with Gasteiger partial charge in [-0.05, 0) is 17.7 Å². The third-order valence-corrected chi connectivity index (χ3v) is 2.40. The Labute approximate surface area is 98.4 Å². The Bertz CT molecular complexity index is 501. The van der Waals surface area contributed by atoms with Crippen LogP contribution in [0.3, 0.4) is 0 Å². The van der Waals surface area contributed by atoms with Crippen LogP contribution in [0.25, 0.3) is 0 Å². The van der Waals surface area contributed by atoms with E-state index in [0.29, 0.717) is 11.3 Å². The Kier molecular flexibility index (Phi) is 3.25. The van der Waals surface area contributed by atoms with Crippen molar-refractivity contribution in [1.82, 2.24) is 0 Å². The lowest BCUT2D eigenvalue weighted by Gasteiger charge is -2.07. The SMILES string of the molecule is COC(=O)c1ccc(C(O)c2ccccc2)o1. The van der Waals surface area contributed by atoms with Crippen molar-refractivity contribution < 1.29 is 19.1 Å². The molecule has 1 aromatic heterocycles. The zero-order valence-electron chi connectivity index (χ0n) is 9.29. The van der Waals surface area contributed by atoms with Crippen LogP contribution in [-0.4, -0.2) is 18.2 Å². The molecule has 4 heteroatoms. The van der Waals surface area contributed by atoms with Gasteiger partial charge in [0.25, 0.3) is 0 Å². The third-order valence-electron chi connectivity index (χ3n) is 2.40. The molecule has 1 atom stereocenters. The summed E-state index contributed by atoms with van der Waals surface area (Å²) in [5.41, 5.74) is 0.707. The van der Waals surface area contributed by atoms with Gasteiger partial charge in [0.1, 0.15) is 11.9 Å². The minimum atomic E-state index is -0.880. The fraction of sp³-hybridized carbons (Fsp3) is 0.154. The zero-order chi connectivity index (χ0) is 12.3. The lowest BCUT2D eigenvalue weighted by molar-refractivity contribution is 0.0558. The molecule has 0 aliphatic heterocycles. The van der Waals surface area contributed by atoms with Crippen molar-refractivity contribution in [3.8, 4) is 0 Å². The highest BCUT2D eigenvalue weighted by Crippen LogP contribution is 2.23. The Morgan fingerprint density at radius 2 is 1.94 bits per heavy atom. The normalized spacial score (nSPS) is 12.1. The van der Waals surface area contributed by atoms with Gasteiger partial charge in [-0.3, -0.25) is 0 Å². The summed E-state index contributed by atoms with van der Waals surface area (Å²) in [6, 6.07) is 12.1. The van der Waals surface area contributed by atoms with Gasteiger partial charge in [0, 0.05) is 0 Å². The van der Waals surface area contributed by atoms with E-state index < -0.39 is 12.1 Å². The van der Waals surface area contributed by atoms with E-state index in [4.69, 9.17) is 4.42 Å². The van der Waals surface area contributed by atoms with Gasteiger partial charge in [0.2, 0.25) is 5.76 Å². The molecule has 1 unspecified atom stereocenters. The van der Waals surface area contributed by atoms with Gasteiger partial charge in [-0.2, -0.15) is 0 Å². The minimum Gasteiger partial charge on any atom is -0.463 e. The van der Waals surface area contributed by atoms with Crippen LogP contribution >= 0.6 is 0 Å². The molecule has 1 N–H and O–H groups in total. The summed E-state index contributed by atoms with van der Waals surface area (Å²) in [6.45, 7) is 0. The Balaban J connectivity index is 2.23. The molecule has 0 fully saturated rings. The molecule has 0 radical (unpaired) electrons. The number of rotatable bonds is 3. The first-order valence-corrected chi connectivity index (χ1v) is 5.13. The first-order valence-electron chi connectivity index (χ1n) is 5.13. The van der Waals surface area contributed by atoms with Crippen molar-refractivity contribution in [1.29, 1.82) is 0 Å². The van der Waals surface area contributed by atoms with E-state index >= 15 is 0 Å². The second-order valence-corrected chi connectivity index (χ2v) is 3.51. The van der Waals surface area contributed by atoms with Crippen LogP contribution in [0.4, 0.5) is 0 Å². The van der Waals surface area contributed by atoms with Gasteiger partial charge in [-0.1, -0.05) is 30.3 Å². The average Bonchev–Trinajstić information content (AvgIpc) is 2.87. The van der Waals surface area contributed by atoms with Gasteiger partial charge in [0.05, 0.1) is 7.11 Å². The van der Waals surface area contributed by atoms with E-state index in [9.17, 15) is 9.90 Å². The van der Waals surface area contributed by atoms with Gasteiger partial charge in [-0.25, -0.2) is 4.79 Å². The quantitative estimate of drug-likeness (QED) is 0.824. The lowest BCUT2D eigenvalue weighted by atomic mass is 10.1. The Morgan fingerprint density at radius 3 is 2.59 bits per heavy atom. The number of carbonyl (C=O) groups excluding carboxylic acids is 1. The maximum Gasteiger partial charge on any atom is 0.373 e. The van der Waals surface area contributed by atoms with E-state index in [-0.39, 0.29) is 5.76 Å². The van der Waals surface area contributed by atoms with Crippen LogP contribution in [0.1, 0.15) is 28.0 Å². The lowest BCUT2D eigenvalue weighted by Crippen LogP contribution is -2.00. The summed E-state index contributed by atoms with van der Waals surface area (Å²) in [6.07, 6.45) is -0.880. The fourth-order valence-corrected chi connectivity index (χ4v) is 1.51. The maximum atomic E-state index is 11.2. The predicted octanol–water partition coefficient (Wildman–Crippen LogP) is 2.15. The summed E-state index contributed by atoms with van der Waals surface area (Å²) < 4.78 is 9.75. The second kappa shape index (κ2) is 4.84. The molecule has 0 amide bonds. The molecular weight excluding hydrogens is 220 g/mol. The predicted molar refractivity (Wildman–Crippen MR) is 60.6 cm³/mol. The number of esters is 1. The molecule has 0 spiro atoms. The number of hydrogen-bond donors (Lipinski definition) is 1. The fourth-order valence-electron chi connectivity index (χ4n) is 1.51. The van der Waals surface area contributed by atoms with Gasteiger partial charge in [0.15, 0.2) is 0 Å². The van der Waals surface area contributed by atoms with Crippen molar-refractivity contribution in [2.75, 3.05) is 7.11 Å². The van der Waals surface area contributed by atoms with Crippen LogP contribution in [0.15, 0.2) is 46.9 Å². The van der Waals surface area contributed by atoms with Crippen LogP contribution in [0, 0.1) is 0 Å². The van der Waals surface area contributed by atoms with Crippen molar-refractivity contribution in [2.45, 2.75) is 6.10 Å². The molecule has 17 heavy (non-hydrogen) atoms. The van der Waals surface area contributed by atoms with E-state index in [1.807, 2.05) is 18.2 Å². The van der Waals surface area contributed by atoms with Crippen LogP contribution < -0.4 is 0 Å². The smallest absolute Gasteiger partial charge is 0.373 e. The molecule has 2 aromatic rings. The Hall–Kier alpha value is -2.07. The first-order chi connectivity index (χ1) is 8.22. The van der Waals surface area contributed by atoms with E-state index in [0.717, 1.165) is 0 Å². The van der Waals surface area contributed by atoms with Crippen LogP contribution in [-0.2, 0) is 4.74 Å². The molecule has 4 nitrogen and oxygen atoms in total. The molecule has 0 saturated carbocycles. The number of hydrogen-bond acceptors (Lipinski definition) is 4. The number of methoxy groups -OCH3 is 1. The molecule has 1 aromatic carbocycles. The van der Waals surface area contributed by atoms with Crippen LogP contribution in [0.2, 0.25) is 0 Å². The van der Waals surface area contributed by atoms with Crippen molar-refractivity contribution in [2.24, 2.45) is 0 Å². The highest BCUT2D eigenvalue weighted by atomic mass is 16.5. The summed E-state index contributed by atoms with van der Waals surface area (Å²) in [5, 5.41) is 10.0. The molecular formula is C13H12O4. The second-order valence-electron chi connectivity index (χ2n) is 3.51. The molecule has 88 valence electrons. The molecule has 2 rings (SSSR count).